The largest absolute Gasteiger partial charge is 0.481 e. The lowest BCUT2D eigenvalue weighted by Gasteiger charge is -2.34. The number of rotatable bonds is 3. The second-order valence-electron chi connectivity index (χ2n) is 8.50. The molecule has 0 N–H and O–H groups in total. The number of hydrogen-bond acceptors (Lipinski definition) is 6. The zero-order chi connectivity index (χ0) is 21.3. The Bertz CT molecular complexity index is 1060. The molecule has 158 valence electrons. The standard InChI is InChI=1S/C22H27N5O3/c1-22(2,3)30-21(28)26-12-6-7-15(14-26)18-9-11-23-19-13-17(25-27(18)19)16-8-5-10-24-20(16)29-4/h5,8-11,13,15H,6-7,12,14H2,1-4H3. The predicted molar refractivity (Wildman–Crippen MR) is 113 cm³/mol. The van der Waals surface area contributed by atoms with Gasteiger partial charge in [-0.3, -0.25) is 0 Å². The highest BCUT2D eigenvalue weighted by atomic mass is 16.6. The van der Waals surface area contributed by atoms with Crippen LogP contribution >= 0.6 is 0 Å². The van der Waals surface area contributed by atoms with E-state index < -0.39 is 5.60 Å². The first-order valence-corrected chi connectivity index (χ1v) is 10.2. The average Bonchev–Trinajstić information content (AvgIpc) is 3.16. The summed E-state index contributed by atoms with van der Waals surface area (Å²) in [6.45, 7) is 6.96. The molecule has 8 heteroatoms. The van der Waals surface area contributed by atoms with E-state index in [4.69, 9.17) is 14.6 Å². The Kier molecular flexibility index (Phi) is 5.32. The van der Waals surface area contributed by atoms with E-state index in [0.29, 0.717) is 19.0 Å². The summed E-state index contributed by atoms with van der Waals surface area (Å²) in [5.41, 5.74) is 2.84. The zero-order valence-corrected chi connectivity index (χ0v) is 17.8. The molecule has 1 atom stereocenters. The molecule has 0 spiro atoms. The van der Waals surface area contributed by atoms with Gasteiger partial charge in [0.05, 0.1) is 18.4 Å². The van der Waals surface area contributed by atoms with E-state index in [1.165, 1.54) is 0 Å². The molecule has 3 aromatic heterocycles. The number of hydrogen-bond donors (Lipinski definition) is 0. The second-order valence-corrected chi connectivity index (χ2v) is 8.50. The van der Waals surface area contributed by atoms with E-state index in [1.807, 2.05) is 49.6 Å². The molecule has 1 unspecified atom stereocenters. The van der Waals surface area contributed by atoms with Crippen LogP contribution in [-0.2, 0) is 4.74 Å². The lowest BCUT2D eigenvalue weighted by molar-refractivity contribution is 0.0196. The molecular formula is C22H27N5O3. The highest BCUT2D eigenvalue weighted by Crippen LogP contribution is 2.31. The lowest BCUT2D eigenvalue weighted by atomic mass is 9.95. The molecule has 0 aromatic carbocycles. The maximum Gasteiger partial charge on any atom is 0.410 e. The monoisotopic (exact) mass is 409 g/mol. The molecule has 0 radical (unpaired) electrons. The normalized spacial score (nSPS) is 17.2. The van der Waals surface area contributed by atoms with Gasteiger partial charge in [-0.2, -0.15) is 5.10 Å². The van der Waals surface area contributed by atoms with E-state index >= 15 is 0 Å². The number of nitrogens with zero attached hydrogens (tertiary/aromatic N) is 5. The highest BCUT2D eigenvalue weighted by molar-refractivity contribution is 5.69. The molecule has 0 bridgehead atoms. The fourth-order valence-electron chi connectivity index (χ4n) is 3.81. The van der Waals surface area contributed by atoms with Crippen molar-refractivity contribution < 1.29 is 14.3 Å². The Morgan fingerprint density at radius 1 is 1.20 bits per heavy atom. The molecule has 8 nitrogen and oxygen atoms in total. The predicted octanol–water partition coefficient (Wildman–Crippen LogP) is 3.91. The van der Waals surface area contributed by atoms with Gasteiger partial charge in [0.2, 0.25) is 5.88 Å². The molecule has 4 heterocycles. The molecule has 1 saturated heterocycles. The maximum atomic E-state index is 12.6. The molecule has 1 aliphatic heterocycles. The summed E-state index contributed by atoms with van der Waals surface area (Å²) in [7, 11) is 1.60. The van der Waals surface area contributed by atoms with Crippen LogP contribution in [0, 0.1) is 0 Å². The van der Waals surface area contributed by atoms with Gasteiger partial charge in [0.1, 0.15) is 11.3 Å². The van der Waals surface area contributed by atoms with Crippen molar-refractivity contribution >= 4 is 11.7 Å². The number of methoxy groups -OCH3 is 1. The van der Waals surface area contributed by atoms with E-state index in [1.54, 1.807) is 24.4 Å². The number of pyridine rings is 1. The number of aromatic nitrogens is 4. The van der Waals surface area contributed by atoms with Crippen LogP contribution in [0.25, 0.3) is 16.9 Å². The van der Waals surface area contributed by atoms with E-state index in [0.717, 1.165) is 35.4 Å². The average molecular weight is 409 g/mol. The highest BCUT2D eigenvalue weighted by Gasteiger charge is 2.30. The molecule has 1 amide bonds. The Labute approximate surface area is 175 Å². The van der Waals surface area contributed by atoms with Crippen LogP contribution in [0.15, 0.2) is 36.7 Å². The van der Waals surface area contributed by atoms with Crippen molar-refractivity contribution in [2.75, 3.05) is 20.2 Å². The van der Waals surface area contributed by atoms with Crippen molar-refractivity contribution in [2.24, 2.45) is 0 Å². The third-order valence-corrected chi connectivity index (χ3v) is 5.12. The topological polar surface area (TPSA) is 81.9 Å². The van der Waals surface area contributed by atoms with Crippen molar-refractivity contribution in [3.05, 3.63) is 42.4 Å². The van der Waals surface area contributed by atoms with Crippen LogP contribution in [0.4, 0.5) is 4.79 Å². The first-order chi connectivity index (χ1) is 14.4. The third-order valence-electron chi connectivity index (χ3n) is 5.12. The number of carbonyl (C=O) groups excluding carboxylic acids is 1. The minimum absolute atomic E-state index is 0.153. The molecule has 1 aliphatic rings. The molecule has 30 heavy (non-hydrogen) atoms. The number of ether oxygens (including phenoxy) is 2. The minimum Gasteiger partial charge on any atom is -0.481 e. The quantitative estimate of drug-likeness (QED) is 0.652. The van der Waals surface area contributed by atoms with Crippen LogP contribution in [0.1, 0.15) is 45.2 Å². The van der Waals surface area contributed by atoms with Gasteiger partial charge in [0.25, 0.3) is 0 Å². The Morgan fingerprint density at radius 2 is 2.03 bits per heavy atom. The Balaban J connectivity index is 1.64. The second kappa shape index (κ2) is 7.93. The van der Waals surface area contributed by atoms with Gasteiger partial charge >= 0.3 is 6.09 Å². The molecule has 0 aliphatic carbocycles. The van der Waals surface area contributed by atoms with Gasteiger partial charge in [0, 0.05) is 37.5 Å². The number of piperidine rings is 1. The molecule has 3 aromatic rings. The third kappa shape index (κ3) is 4.08. The molecule has 4 rings (SSSR count). The molecule has 1 fully saturated rings. The first kappa shape index (κ1) is 20.1. The maximum absolute atomic E-state index is 12.6. The van der Waals surface area contributed by atoms with Crippen molar-refractivity contribution in [1.82, 2.24) is 24.5 Å². The SMILES string of the molecule is COc1ncccc1-c1cc2nccc(C3CCCN(C(=O)OC(C)(C)C)C3)n2n1. The van der Waals surface area contributed by atoms with Crippen molar-refractivity contribution in [3.63, 3.8) is 0 Å². The fraction of sp³-hybridized carbons (Fsp3) is 0.455. The van der Waals surface area contributed by atoms with Crippen LogP contribution in [0.3, 0.4) is 0 Å². The Hall–Kier alpha value is -3.16. The smallest absolute Gasteiger partial charge is 0.410 e. The number of fused-ring (bicyclic) bond motifs is 1. The molecular weight excluding hydrogens is 382 g/mol. The summed E-state index contributed by atoms with van der Waals surface area (Å²) in [6.07, 6.45) is 5.11. The minimum atomic E-state index is -0.506. The lowest BCUT2D eigenvalue weighted by Crippen LogP contribution is -2.42. The van der Waals surface area contributed by atoms with Crippen LogP contribution in [-0.4, -0.2) is 56.4 Å². The summed E-state index contributed by atoms with van der Waals surface area (Å²) < 4.78 is 12.8. The number of carbonyl (C=O) groups is 1. The van der Waals surface area contributed by atoms with Gasteiger partial charge < -0.3 is 14.4 Å². The van der Waals surface area contributed by atoms with Crippen molar-refractivity contribution in [1.29, 1.82) is 0 Å². The summed E-state index contributed by atoms with van der Waals surface area (Å²) in [6, 6.07) is 7.69. The zero-order valence-electron chi connectivity index (χ0n) is 17.8. The van der Waals surface area contributed by atoms with Gasteiger partial charge in [-0.15, -0.1) is 0 Å². The first-order valence-electron chi connectivity index (χ1n) is 10.2. The summed E-state index contributed by atoms with van der Waals surface area (Å²) in [5, 5.41) is 4.80. The van der Waals surface area contributed by atoms with Gasteiger partial charge in [-0.1, -0.05) is 0 Å². The van der Waals surface area contributed by atoms with Crippen molar-refractivity contribution in [3.8, 4) is 17.1 Å². The van der Waals surface area contributed by atoms with Gasteiger partial charge in [0.15, 0.2) is 5.65 Å². The summed E-state index contributed by atoms with van der Waals surface area (Å²) in [4.78, 5) is 23.1. The van der Waals surface area contributed by atoms with Gasteiger partial charge in [-0.25, -0.2) is 19.3 Å². The summed E-state index contributed by atoms with van der Waals surface area (Å²) in [5.74, 6) is 0.677. The van der Waals surface area contributed by atoms with Crippen LogP contribution < -0.4 is 4.74 Å². The van der Waals surface area contributed by atoms with Gasteiger partial charge in [-0.05, 0) is 51.8 Å². The van der Waals surface area contributed by atoms with Crippen LogP contribution in [0.5, 0.6) is 5.88 Å². The molecule has 0 saturated carbocycles. The number of amides is 1. The van der Waals surface area contributed by atoms with Crippen LogP contribution in [0.2, 0.25) is 0 Å². The van der Waals surface area contributed by atoms with E-state index in [-0.39, 0.29) is 12.0 Å². The summed E-state index contributed by atoms with van der Waals surface area (Å²) >= 11 is 0. The fourth-order valence-corrected chi connectivity index (χ4v) is 3.81. The van der Waals surface area contributed by atoms with E-state index in [2.05, 4.69) is 9.97 Å². The van der Waals surface area contributed by atoms with Crippen molar-refractivity contribution in [2.45, 2.75) is 45.1 Å². The number of likely N-dealkylation sites (tertiary alicyclic amines) is 1. The Morgan fingerprint density at radius 3 is 2.80 bits per heavy atom. The van der Waals surface area contributed by atoms with E-state index in [9.17, 15) is 4.79 Å².